The molecule has 1 rings (SSSR count). The molecule has 0 aromatic rings. The minimum atomic E-state index is 0.288. The maximum absolute atomic E-state index is 5.79. The van der Waals surface area contributed by atoms with Gasteiger partial charge >= 0.3 is 0 Å². The van der Waals surface area contributed by atoms with Crippen LogP contribution in [0.5, 0.6) is 0 Å². The van der Waals surface area contributed by atoms with Gasteiger partial charge in [0.15, 0.2) is 0 Å². The summed E-state index contributed by atoms with van der Waals surface area (Å²) in [6.07, 6.45) is 1.65. The molecule has 0 amide bonds. The summed E-state index contributed by atoms with van der Waals surface area (Å²) in [4.78, 5) is 0. The smallest absolute Gasteiger partial charge is 0.0664 e. The van der Waals surface area contributed by atoms with Crippen LogP contribution in [0.4, 0.5) is 0 Å². The molecule has 13 heavy (non-hydrogen) atoms. The SMILES string of the molecule is CCNCC1CCOC1C(C)(C)C. The van der Waals surface area contributed by atoms with Gasteiger partial charge < -0.3 is 10.1 Å². The molecule has 1 aliphatic heterocycles. The van der Waals surface area contributed by atoms with E-state index in [-0.39, 0.29) is 5.41 Å². The van der Waals surface area contributed by atoms with Crippen molar-refractivity contribution >= 4 is 0 Å². The van der Waals surface area contributed by atoms with Gasteiger partial charge in [-0.05, 0) is 18.4 Å². The van der Waals surface area contributed by atoms with Crippen molar-refractivity contribution in [3.63, 3.8) is 0 Å². The Kier molecular flexibility index (Phi) is 3.74. The summed E-state index contributed by atoms with van der Waals surface area (Å²) in [5.74, 6) is 0.708. The molecule has 1 heterocycles. The summed E-state index contributed by atoms with van der Waals surface area (Å²) >= 11 is 0. The number of hydrogen-bond acceptors (Lipinski definition) is 2. The number of nitrogens with one attached hydrogen (secondary N) is 1. The average Bonchev–Trinajstić information content (AvgIpc) is 2.47. The maximum Gasteiger partial charge on any atom is 0.0664 e. The lowest BCUT2D eigenvalue weighted by Crippen LogP contribution is -2.36. The molecular weight excluding hydrogens is 162 g/mol. The van der Waals surface area contributed by atoms with E-state index in [2.05, 4.69) is 33.0 Å². The van der Waals surface area contributed by atoms with Crippen LogP contribution in [0, 0.1) is 11.3 Å². The molecular formula is C11H23NO. The van der Waals surface area contributed by atoms with E-state index >= 15 is 0 Å². The Hall–Kier alpha value is -0.0800. The largest absolute Gasteiger partial charge is 0.377 e. The average molecular weight is 185 g/mol. The Morgan fingerprint density at radius 1 is 1.38 bits per heavy atom. The Bertz CT molecular complexity index is 151. The van der Waals surface area contributed by atoms with Crippen molar-refractivity contribution in [1.82, 2.24) is 5.32 Å². The topological polar surface area (TPSA) is 21.3 Å². The zero-order valence-corrected chi connectivity index (χ0v) is 9.39. The Morgan fingerprint density at radius 3 is 2.62 bits per heavy atom. The van der Waals surface area contributed by atoms with E-state index in [1.165, 1.54) is 6.42 Å². The quantitative estimate of drug-likeness (QED) is 0.726. The van der Waals surface area contributed by atoms with Gasteiger partial charge in [0.25, 0.3) is 0 Å². The van der Waals surface area contributed by atoms with Gasteiger partial charge in [-0.1, -0.05) is 27.7 Å². The molecule has 2 atom stereocenters. The van der Waals surface area contributed by atoms with Gasteiger partial charge in [0.2, 0.25) is 0 Å². The standard InChI is InChI=1S/C11H23NO/c1-5-12-8-9-6-7-13-10(9)11(2,3)4/h9-10,12H,5-8H2,1-4H3. The van der Waals surface area contributed by atoms with Crippen LogP contribution in [-0.2, 0) is 4.74 Å². The first-order chi connectivity index (χ1) is 6.05. The van der Waals surface area contributed by atoms with Crippen LogP contribution in [-0.4, -0.2) is 25.8 Å². The van der Waals surface area contributed by atoms with Gasteiger partial charge in [-0.15, -0.1) is 0 Å². The van der Waals surface area contributed by atoms with Gasteiger partial charge in [0.1, 0.15) is 0 Å². The molecule has 0 aliphatic carbocycles. The van der Waals surface area contributed by atoms with E-state index in [0.29, 0.717) is 12.0 Å². The first kappa shape index (κ1) is 11.0. The highest BCUT2D eigenvalue weighted by atomic mass is 16.5. The summed E-state index contributed by atoms with van der Waals surface area (Å²) in [7, 11) is 0. The third-order valence-corrected chi connectivity index (χ3v) is 2.72. The molecule has 0 aromatic carbocycles. The van der Waals surface area contributed by atoms with E-state index in [1.807, 2.05) is 0 Å². The van der Waals surface area contributed by atoms with Crippen molar-refractivity contribution in [2.24, 2.45) is 11.3 Å². The fourth-order valence-corrected chi connectivity index (χ4v) is 2.13. The molecule has 0 spiro atoms. The highest BCUT2D eigenvalue weighted by molar-refractivity contribution is 4.86. The van der Waals surface area contributed by atoms with Crippen LogP contribution in [0.2, 0.25) is 0 Å². The van der Waals surface area contributed by atoms with E-state index in [4.69, 9.17) is 4.74 Å². The highest BCUT2D eigenvalue weighted by Crippen LogP contribution is 2.34. The monoisotopic (exact) mass is 185 g/mol. The van der Waals surface area contributed by atoms with Crippen molar-refractivity contribution in [2.45, 2.75) is 40.2 Å². The zero-order chi connectivity index (χ0) is 9.90. The molecule has 2 nitrogen and oxygen atoms in total. The molecule has 1 saturated heterocycles. The van der Waals surface area contributed by atoms with Crippen LogP contribution < -0.4 is 5.32 Å². The number of rotatable bonds is 3. The molecule has 0 bridgehead atoms. The lowest BCUT2D eigenvalue weighted by atomic mass is 9.81. The predicted octanol–water partition coefficient (Wildman–Crippen LogP) is 2.05. The van der Waals surface area contributed by atoms with Crippen molar-refractivity contribution in [2.75, 3.05) is 19.7 Å². The van der Waals surface area contributed by atoms with Crippen LogP contribution in [0.25, 0.3) is 0 Å². The minimum Gasteiger partial charge on any atom is -0.377 e. The van der Waals surface area contributed by atoms with Gasteiger partial charge in [0.05, 0.1) is 6.10 Å². The third-order valence-electron chi connectivity index (χ3n) is 2.72. The normalized spacial score (nSPS) is 29.5. The maximum atomic E-state index is 5.79. The molecule has 0 aromatic heterocycles. The molecule has 2 heteroatoms. The summed E-state index contributed by atoms with van der Waals surface area (Å²) in [6.45, 7) is 12.1. The second-order valence-corrected chi connectivity index (χ2v) is 5.01. The Morgan fingerprint density at radius 2 is 2.08 bits per heavy atom. The summed E-state index contributed by atoms with van der Waals surface area (Å²) in [5.41, 5.74) is 0.288. The lowest BCUT2D eigenvalue weighted by Gasteiger charge is -2.31. The minimum absolute atomic E-state index is 0.288. The fourth-order valence-electron chi connectivity index (χ4n) is 2.13. The molecule has 0 saturated carbocycles. The van der Waals surface area contributed by atoms with E-state index in [0.717, 1.165) is 19.7 Å². The predicted molar refractivity (Wildman–Crippen MR) is 55.8 cm³/mol. The Balaban J connectivity index is 2.44. The van der Waals surface area contributed by atoms with Gasteiger partial charge in [0, 0.05) is 19.1 Å². The fraction of sp³-hybridized carbons (Fsp3) is 1.00. The van der Waals surface area contributed by atoms with Crippen molar-refractivity contribution in [3.05, 3.63) is 0 Å². The third kappa shape index (κ3) is 2.96. The molecule has 2 unspecified atom stereocenters. The first-order valence-electron chi connectivity index (χ1n) is 5.38. The molecule has 1 aliphatic rings. The van der Waals surface area contributed by atoms with Gasteiger partial charge in [-0.2, -0.15) is 0 Å². The van der Waals surface area contributed by atoms with Crippen LogP contribution in [0.3, 0.4) is 0 Å². The summed E-state index contributed by atoms with van der Waals surface area (Å²) in [6, 6.07) is 0. The lowest BCUT2D eigenvalue weighted by molar-refractivity contribution is 0.00736. The van der Waals surface area contributed by atoms with Crippen molar-refractivity contribution in [3.8, 4) is 0 Å². The van der Waals surface area contributed by atoms with Gasteiger partial charge in [-0.3, -0.25) is 0 Å². The molecule has 0 radical (unpaired) electrons. The van der Waals surface area contributed by atoms with E-state index < -0.39 is 0 Å². The summed E-state index contributed by atoms with van der Waals surface area (Å²) < 4.78 is 5.79. The number of ether oxygens (including phenoxy) is 1. The number of hydrogen-bond donors (Lipinski definition) is 1. The second-order valence-electron chi connectivity index (χ2n) is 5.01. The molecule has 78 valence electrons. The van der Waals surface area contributed by atoms with Crippen LogP contribution in [0.1, 0.15) is 34.1 Å². The molecule has 1 N–H and O–H groups in total. The molecule has 1 fully saturated rings. The highest BCUT2D eigenvalue weighted by Gasteiger charge is 2.36. The summed E-state index contributed by atoms with van der Waals surface area (Å²) in [5, 5.41) is 3.41. The first-order valence-corrected chi connectivity index (χ1v) is 5.38. The Labute approximate surface area is 82.0 Å². The van der Waals surface area contributed by atoms with Crippen LogP contribution >= 0.6 is 0 Å². The second kappa shape index (κ2) is 4.43. The van der Waals surface area contributed by atoms with Crippen LogP contribution in [0.15, 0.2) is 0 Å². The van der Waals surface area contributed by atoms with Crippen molar-refractivity contribution in [1.29, 1.82) is 0 Å². The van der Waals surface area contributed by atoms with Crippen molar-refractivity contribution < 1.29 is 4.74 Å². The van der Waals surface area contributed by atoms with Gasteiger partial charge in [-0.25, -0.2) is 0 Å². The zero-order valence-electron chi connectivity index (χ0n) is 9.39. The van der Waals surface area contributed by atoms with E-state index in [1.54, 1.807) is 0 Å². The van der Waals surface area contributed by atoms with E-state index in [9.17, 15) is 0 Å².